The van der Waals surface area contributed by atoms with Gasteiger partial charge in [0.1, 0.15) is 29.9 Å². The highest BCUT2D eigenvalue weighted by Gasteiger charge is 2.65. The van der Waals surface area contributed by atoms with Gasteiger partial charge in [0.15, 0.2) is 0 Å². The van der Waals surface area contributed by atoms with Gasteiger partial charge in [-0.1, -0.05) is 72.6 Å². The molecule has 0 aromatic heterocycles. The molecular weight excluding hydrogens is 823 g/mol. The number of allylic oxidation sites excluding steroid dienone is 1. The van der Waals surface area contributed by atoms with Crippen molar-refractivity contribution >= 4 is 11.6 Å². The van der Waals surface area contributed by atoms with E-state index in [9.17, 15) is 20.6 Å². The Morgan fingerprint density at radius 2 is 1.63 bits per heavy atom. The van der Waals surface area contributed by atoms with E-state index in [1.165, 1.54) is 0 Å². The third kappa shape index (κ3) is 10.7. The number of benzene rings is 4. The minimum atomic E-state index is -1.48. The molecule has 3 aliphatic rings. The number of rotatable bonds is 23. The summed E-state index contributed by atoms with van der Waals surface area (Å²) in [6.45, 7) is 6.67. The summed E-state index contributed by atoms with van der Waals surface area (Å²) in [5.41, 5.74) is 5.53. The monoisotopic (exact) mass is 883 g/mol. The first-order chi connectivity index (χ1) is 31.9. The average molecular weight is 884 g/mol. The maximum Gasteiger partial charge on any atom is 0.254 e. The van der Waals surface area contributed by atoms with Crippen LogP contribution in [0.4, 0.5) is 0 Å². The number of ether oxygens (including phenoxy) is 4. The van der Waals surface area contributed by atoms with Crippen LogP contribution in [0.3, 0.4) is 0 Å². The number of unbranched alkanes of at least 4 members (excludes halogenated alkanes) is 2. The molecule has 1 heterocycles. The maximum absolute atomic E-state index is 15.0. The summed E-state index contributed by atoms with van der Waals surface area (Å²) in [7, 11) is 0. The van der Waals surface area contributed by atoms with Crippen molar-refractivity contribution in [2.45, 2.75) is 69.6 Å². The molecule has 6 atom stereocenters. The van der Waals surface area contributed by atoms with E-state index in [2.05, 4.69) is 36.9 Å². The van der Waals surface area contributed by atoms with Crippen molar-refractivity contribution in [3.05, 3.63) is 138 Å². The van der Waals surface area contributed by atoms with Crippen LogP contribution in [0.5, 0.6) is 17.2 Å². The Morgan fingerprint density at radius 3 is 2.32 bits per heavy atom. The molecule has 4 aromatic carbocycles. The Bertz CT molecular complexity index is 2290. The standard InChI is InChI=1S/C53H61N3O9/c1-3-30-62-53-49(56(26-31-61-32-29-59)52(60)40-18-16-37(36-54)17-19-40)35-47(55-63-4-2)45-33-41(14-8-10-27-57)44(15-9-11-28-58)50(51(45)53)46-34-43(24-25-48(46)65-53)64-42-22-20-39(21-23-42)38-12-6-5-7-13-38/h3,5-7,12-13,16-25,33-34,41,44,49-51,57-59H,1,4,8-11,14-15,26-32,35H2,2H3. The summed E-state index contributed by atoms with van der Waals surface area (Å²) >= 11 is 0. The van der Waals surface area contributed by atoms with Gasteiger partial charge in [0, 0.05) is 43.2 Å². The molecule has 0 bridgehead atoms. The Balaban J connectivity index is 1.41. The molecule has 0 saturated heterocycles. The van der Waals surface area contributed by atoms with Crippen molar-refractivity contribution in [1.82, 2.24) is 4.90 Å². The van der Waals surface area contributed by atoms with E-state index < -0.39 is 17.7 Å². The molecular formula is C53H61N3O9. The Hall–Kier alpha value is -5.81. The van der Waals surface area contributed by atoms with Crippen LogP contribution >= 0.6 is 0 Å². The third-order valence-electron chi connectivity index (χ3n) is 12.8. The SMILES string of the molecule is C=CCOC12Oc3ccc(Oc4ccc(-c5ccccc5)cc4)cc3C3C(CCCCO)C(CCCCO)C=C(C(=NOCC)CC1N(CCOCCO)C(=O)c1ccc(C#N)cc1)C32. The number of nitriles is 1. The lowest BCUT2D eigenvalue weighted by atomic mass is 9.55. The number of amides is 1. The second kappa shape index (κ2) is 22.9. The fraction of sp³-hybridized carbons (Fsp3) is 0.415. The van der Waals surface area contributed by atoms with Gasteiger partial charge in [0.05, 0.1) is 49.7 Å². The van der Waals surface area contributed by atoms with E-state index in [1.807, 2.05) is 61.5 Å². The average Bonchev–Trinajstić information content (AvgIpc) is 3.34. The molecule has 12 nitrogen and oxygen atoms in total. The Kier molecular flexibility index (Phi) is 16.6. The molecule has 0 radical (unpaired) electrons. The van der Waals surface area contributed by atoms with Gasteiger partial charge in [-0.25, -0.2) is 0 Å². The van der Waals surface area contributed by atoms with E-state index in [0.717, 1.165) is 47.9 Å². The molecule has 7 rings (SSSR count). The van der Waals surface area contributed by atoms with Crippen LogP contribution in [0.15, 0.2) is 127 Å². The molecule has 4 aromatic rings. The molecule has 1 aliphatic heterocycles. The van der Waals surface area contributed by atoms with Crippen LogP contribution in [0.25, 0.3) is 11.1 Å². The van der Waals surface area contributed by atoms with E-state index in [4.69, 9.17) is 28.9 Å². The van der Waals surface area contributed by atoms with E-state index >= 15 is 4.79 Å². The second-order valence-electron chi connectivity index (χ2n) is 16.7. The van der Waals surface area contributed by atoms with Crippen molar-refractivity contribution in [2.24, 2.45) is 22.9 Å². The number of nitrogens with zero attached hydrogens (tertiary/aromatic N) is 3. The molecule has 1 amide bonds. The van der Waals surface area contributed by atoms with Crippen LogP contribution in [0.1, 0.15) is 79.3 Å². The van der Waals surface area contributed by atoms with E-state index in [-0.39, 0.29) is 76.3 Å². The molecule has 12 heteroatoms. The lowest BCUT2D eigenvalue weighted by Gasteiger charge is -2.60. The van der Waals surface area contributed by atoms with E-state index in [0.29, 0.717) is 53.5 Å². The lowest BCUT2D eigenvalue weighted by molar-refractivity contribution is -0.254. The highest BCUT2D eigenvalue weighted by Crippen LogP contribution is 2.62. The van der Waals surface area contributed by atoms with Crippen LogP contribution in [0, 0.1) is 29.1 Å². The zero-order chi connectivity index (χ0) is 45.6. The lowest BCUT2D eigenvalue weighted by Crippen LogP contribution is -2.70. The number of hydrogen-bond donors (Lipinski definition) is 3. The number of aliphatic hydroxyl groups excluding tert-OH is 3. The fourth-order valence-electron chi connectivity index (χ4n) is 9.92. The highest BCUT2D eigenvalue weighted by atomic mass is 16.7. The van der Waals surface area contributed by atoms with Crippen LogP contribution in [-0.4, -0.2) is 96.5 Å². The minimum absolute atomic E-state index is 0.0198. The van der Waals surface area contributed by atoms with Gasteiger partial charge < -0.3 is 44.0 Å². The highest BCUT2D eigenvalue weighted by molar-refractivity contribution is 6.03. The predicted octanol–water partition coefficient (Wildman–Crippen LogP) is 8.82. The molecule has 3 N–H and O–H groups in total. The zero-order valence-electron chi connectivity index (χ0n) is 37.2. The molecule has 6 unspecified atom stereocenters. The van der Waals surface area contributed by atoms with Gasteiger partial charge in [-0.3, -0.25) is 4.79 Å². The molecule has 1 fully saturated rings. The zero-order valence-corrected chi connectivity index (χ0v) is 37.2. The summed E-state index contributed by atoms with van der Waals surface area (Å²) in [5.74, 6) is -0.579. The second-order valence-corrected chi connectivity index (χ2v) is 16.7. The topological polar surface area (TPSA) is 163 Å². The normalized spacial score (nSPS) is 22.4. The number of aliphatic hydroxyl groups is 3. The maximum atomic E-state index is 15.0. The number of hydrogen-bond acceptors (Lipinski definition) is 11. The Labute approximate surface area is 382 Å². The van der Waals surface area contributed by atoms with E-state index in [1.54, 1.807) is 35.2 Å². The number of carbonyl (C=O) groups is 1. The van der Waals surface area contributed by atoms with Gasteiger partial charge in [0.2, 0.25) is 5.79 Å². The van der Waals surface area contributed by atoms with Crippen LogP contribution < -0.4 is 9.47 Å². The molecule has 342 valence electrons. The minimum Gasteiger partial charge on any atom is -0.459 e. The predicted molar refractivity (Wildman–Crippen MR) is 249 cm³/mol. The van der Waals surface area contributed by atoms with Crippen molar-refractivity contribution in [2.75, 3.05) is 52.8 Å². The fourth-order valence-corrected chi connectivity index (χ4v) is 9.92. The smallest absolute Gasteiger partial charge is 0.254 e. The quantitative estimate of drug-likeness (QED) is 0.0373. The largest absolute Gasteiger partial charge is 0.459 e. The van der Waals surface area contributed by atoms with Crippen LogP contribution in [0.2, 0.25) is 0 Å². The first kappa shape index (κ1) is 47.2. The van der Waals surface area contributed by atoms with Crippen molar-refractivity contribution in [3.63, 3.8) is 0 Å². The molecule has 1 saturated carbocycles. The first-order valence-corrected chi connectivity index (χ1v) is 22.9. The molecule has 2 aliphatic carbocycles. The van der Waals surface area contributed by atoms with Gasteiger partial charge in [-0.2, -0.15) is 5.26 Å². The summed E-state index contributed by atoms with van der Waals surface area (Å²) < 4.78 is 26.9. The summed E-state index contributed by atoms with van der Waals surface area (Å²) in [4.78, 5) is 22.6. The van der Waals surface area contributed by atoms with Gasteiger partial charge in [-0.15, -0.1) is 6.58 Å². The summed E-state index contributed by atoms with van der Waals surface area (Å²) in [5, 5.41) is 43.9. The molecule has 0 spiro atoms. The summed E-state index contributed by atoms with van der Waals surface area (Å²) in [6, 6.07) is 32.0. The number of carbonyl (C=O) groups excluding carboxylic acids is 1. The van der Waals surface area contributed by atoms with Gasteiger partial charge in [0.25, 0.3) is 5.91 Å². The van der Waals surface area contributed by atoms with Crippen molar-refractivity contribution in [3.8, 4) is 34.4 Å². The van der Waals surface area contributed by atoms with Gasteiger partial charge in [-0.05, 0) is 116 Å². The third-order valence-corrected chi connectivity index (χ3v) is 12.8. The number of fused-ring (bicyclic) bond motifs is 2. The van der Waals surface area contributed by atoms with Crippen molar-refractivity contribution < 1.29 is 43.9 Å². The number of oxime groups is 1. The van der Waals surface area contributed by atoms with Crippen LogP contribution in [-0.2, 0) is 14.3 Å². The Morgan fingerprint density at radius 1 is 0.908 bits per heavy atom. The first-order valence-electron chi connectivity index (χ1n) is 22.9. The summed E-state index contributed by atoms with van der Waals surface area (Å²) in [6.07, 6.45) is 8.68. The van der Waals surface area contributed by atoms with Gasteiger partial charge >= 0.3 is 0 Å². The van der Waals surface area contributed by atoms with Crippen molar-refractivity contribution in [1.29, 1.82) is 5.26 Å². The molecule has 65 heavy (non-hydrogen) atoms.